The molecule has 38 heavy (non-hydrogen) atoms. The quantitative estimate of drug-likeness (QED) is 0.413. The van der Waals surface area contributed by atoms with E-state index in [9.17, 15) is 34.8 Å². The van der Waals surface area contributed by atoms with Gasteiger partial charge < -0.3 is 10.6 Å². The van der Waals surface area contributed by atoms with Crippen LogP contribution in [0.2, 0.25) is 0 Å². The normalized spacial score (nSPS) is 17.2. The maximum absolute atomic E-state index is 14.0. The van der Waals surface area contributed by atoms with Gasteiger partial charge in [0, 0.05) is 42.3 Å². The zero-order valence-corrected chi connectivity index (χ0v) is 20.7. The van der Waals surface area contributed by atoms with Crippen LogP contribution in [0.3, 0.4) is 0 Å². The molecule has 0 saturated heterocycles. The molecule has 6 nitrogen and oxygen atoms in total. The highest BCUT2D eigenvalue weighted by Crippen LogP contribution is 2.42. The number of sulfonamides is 1. The summed E-state index contributed by atoms with van der Waals surface area (Å²) in [7, 11) is -5.94. The summed E-state index contributed by atoms with van der Waals surface area (Å²) < 4.78 is 108. The van der Waals surface area contributed by atoms with Gasteiger partial charge in [-0.25, -0.2) is 8.42 Å². The number of anilines is 2. The predicted octanol–water partition coefficient (Wildman–Crippen LogP) is 5.36. The highest BCUT2D eigenvalue weighted by molar-refractivity contribution is 7.89. The van der Waals surface area contributed by atoms with Gasteiger partial charge in [-0.05, 0) is 42.7 Å². The molecule has 1 atom stereocenters. The lowest BCUT2D eigenvalue weighted by Gasteiger charge is -2.34. The number of pyridine rings is 1. The summed E-state index contributed by atoms with van der Waals surface area (Å²) in [6.07, 6.45) is -3.01. The van der Waals surface area contributed by atoms with Crippen molar-refractivity contribution in [2.24, 2.45) is 0 Å². The summed E-state index contributed by atoms with van der Waals surface area (Å²) >= 11 is 0. The van der Waals surface area contributed by atoms with E-state index in [0.717, 1.165) is 17.7 Å². The van der Waals surface area contributed by atoms with Crippen molar-refractivity contribution in [1.82, 2.24) is 9.29 Å². The lowest BCUT2D eigenvalue weighted by molar-refractivity contribution is -0.138. The van der Waals surface area contributed by atoms with Crippen molar-refractivity contribution < 1.29 is 34.8 Å². The second-order valence-electron chi connectivity index (χ2n) is 8.93. The van der Waals surface area contributed by atoms with Crippen LogP contribution in [0.1, 0.15) is 28.8 Å². The van der Waals surface area contributed by atoms with Crippen molar-refractivity contribution in [3.05, 3.63) is 89.2 Å². The number of nitrogens with two attached hydrogens (primary N) is 1. The van der Waals surface area contributed by atoms with Crippen molar-refractivity contribution in [3.8, 4) is 0 Å². The number of hydrogen-bond donors (Lipinski definition) is 1. The van der Waals surface area contributed by atoms with Gasteiger partial charge in [0.15, 0.2) is 0 Å². The minimum Gasteiger partial charge on any atom is -0.399 e. The van der Waals surface area contributed by atoms with E-state index in [1.807, 2.05) is 0 Å². The molecular formula is C25H24F6N4O2S. The molecule has 0 unspecified atom stereocenters. The van der Waals surface area contributed by atoms with Crippen molar-refractivity contribution in [2.75, 3.05) is 17.2 Å². The smallest absolute Gasteiger partial charge is 0.399 e. The number of fused-ring (bicyclic) bond motifs is 1. The van der Waals surface area contributed by atoms with Crippen molar-refractivity contribution in [2.45, 2.75) is 43.7 Å². The van der Waals surface area contributed by atoms with Crippen LogP contribution in [0.5, 0.6) is 0 Å². The molecule has 204 valence electrons. The molecule has 1 aromatic heterocycles. The lowest BCUT2D eigenvalue weighted by Crippen LogP contribution is -2.47. The van der Waals surface area contributed by atoms with E-state index in [-0.39, 0.29) is 23.0 Å². The zero-order valence-electron chi connectivity index (χ0n) is 19.9. The Morgan fingerprint density at radius 3 is 2.32 bits per heavy atom. The van der Waals surface area contributed by atoms with Crippen LogP contribution < -0.4 is 10.6 Å². The van der Waals surface area contributed by atoms with E-state index in [2.05, 4.69) is 4.98 Å². The summed E-state index contributed by atoms with van der Waals surface area (Å²) in [6.45, 7) is -1.86. The van der Waals surface area contributed by atoms with Gasteiger partial charge in [0.2, 0.25) is 0 Å². The van der Waals surface area contributed by atoms with Crippen LogP contribution in [-0.4, -0.2) is 35.8 Å². The van der Waals surface area contributed by atoms with E-state index in [4.69, 9.17) is 5.73 Å². The molecule has 13 heteroatoms. The van der Waals surface area contributed by atoms with Gasteiger partial charge in [-0.15, -0.1) is 0 Å². The maximum atomic E-state index is 14.0. The molecule has 4 rings (SSSR count). The maximum Gasteiger partial charge on any atom is 0.511 e. The minimum absolute atomic E-state index is 0.0121. The highest BCUT2D eigenvalue weighted by Gasteiger charge is 2.52. The Hall–Kier alpha value is -3.32. The van der Waals surface area contributed by atoms with Gasteiger partial charge in [-0.2, -0.15) is 30.6 Å². The third-order valence-electron chi connectivity index (χ3n) is 6.37. The number of aryl methyl sites for hydroxylation is 1. The first-order valence-corrected chi connectivity index (χ1v) is 13.0. The van der Waals surface area contributed by atoms with Crippen LogP contribution in [-0.2, 0) is 35.7 Å². The number of halogens is 6. The summed E-state index contributed by atoms with van der Waals surface area (Å²) in [5, 5.41) is 0. The van der Waals surface area contributed by atoms with Gasteiger partial charge in [-0.1, -0.05) is 36.4 Å². The molecule has 2 N–H and O–H groups in total. The van der Waals surface area contributed by atoms with Gasteiger partial charge >= 0.3 is 21.7 Å². The van der Waals surface area contributed by atoms with Gasteiger partial charge in [-0.3, -0.25) is 4.98 Å². The van der Waals surface area contributed by atoms with Crippen LogP contribution in [0.4, 0.5) is 37.7 Å². The SMILES string of the molecule is Nc1ccnc(CN2c3cccc(C(F)(F)F)c3CN(S(=O)(=O)C(F)(F)F)C[C@H]2CCc2ccccc2)c1. The van der Waals surface area contributed by atoms with E-state index in [0.29, 0.717) is 17.8 Å². The molecule has 2 heterocycles. The minimum atomic E-state index is -5.94. The Bertz CT molecular complexity index is 1380. The molecule has 1 aliphatic rings. The van der Waals surface area contributed by atoms with Crippen LogP contribution >= 0.6 is 0 Å². The largest absolute Gasteiger partial charge is 0.511 e. The Morgan fingerprint density at radius 2 is 1.68 bits per heavy atom. The Labute approximate surface area is 215 Å². The van der Waals surface area contributed by atoms with E-state index in [1.54, 1.807) is 30.3 Å². The molecule has 0 spiro atoms. The Balaban J connectivity index is 1.87. The molecule has 0 amide bonds. The molecule has 0 aliphatic carbocycles. The summed E-state index contributed by atoms with van der Waals surface area (Å²) in [5.41, 5.74) is -0.0588. The fourth-order valence-corrected chi connectivity index (χ4v) is 5.53. The van der Waals surface area contributed by atoms with Crippen LogP contribution in [0.15, 0.2) is 66.9 Å². The predicted molar refractivity (Wildman–Crippen MR) is 130 cm³/mol. The van der Waals surface area contributed by atoms with Gasteiger partial charge in [0.05, 0.1) is 17.8 Å². The lowest BCUT2D eigenvalue weighted by atomic mass is 10.0. The third kappa shape index (κ3) is 5.88. The first-order chi connectivity index (χ1) is 17.8. The third-order valence-corrected chi connectivity index (χ3v) is 7.91. The second kappa shape index (κ2) is 10.4. The summed E-state index contributed by atoms with van der Waals surface area (Å²) in [4.78, 5) is 5.71. The molecular weight excluding hydrogens is 534 g/mol. The van der Waals surface area contributed by atoms with Gasteiger partial charge in [0.25, 0.3) is 0 Å². The summed E-state index contributed by atoms with van der Waals surface area (Å²) in [5.74, 6) is 0. The number of nitrogens with zero attached hydrogens (tertiary/aromatic N) is 3. The number of aromatic nitrogens is 1. The van der Waals surface area contributed by atoms with E-state index >= 15 is 0 Å². The first-order valence-electron chi connectivity index (χ1n) is 11.5. The summed E-state index contributed by atoms with van der Waals surface area (Å²) in [6, 6.07) is 14.3. The van der Waals surface area contributed by atoms with Crippen molar-refractivity contribution >= 4 is 21.4 Å². The standard InChI is InChI=1S/C25H24F6N4O2S/c26-24(27,28)22-7-4-8-23-21(22)16-34(38(36,37)25(29,30)31)15-20(10-9-17-5-2-1-3-6-17)35(23)14-19-13-18(32)11-12-33-19/h1-8,11-13,20H,9-10,14-16H2,(H2,32,33)/t20-/m1/s1. The van der Waals surface area contributed by atoms with Crippen molar-refractivity contribution in [1.29, 1.82) is 0 Å². The molecule has 2 aromatic carbocycles. The average Bonchev–Trinajstić information content (AvgIpc) is 2.99. The fraction of sp³-hybridized carbons (Fsp3) is 0.320. The Kier molecular flexibility index (Phi) is 7.62. The topological polar surface area (TPSA) is 79.5 Å². The van der Waals surface area contributed by atoms with E-state index < -0.39 is 52.0 Å². The number of rotatable bonds is 6. The molecule has 3 aromatic rings. The van der Waals surface area contributed by atoms with Crippen LogP contribution in [0, 0.1) is 0 Å². The zero-order chi connectivity index (χ0) is 27.7. The highest BCUT2D eigenvalue weighted by atomic mass is 32.2. The first kappa shape index (κ1) is 27.7. The van der Waals surface area contributed by atoms with E-state index in [1.165, 1.54) is 29.3 Å². The molecule has 0 radical (unpaired) electrons. The fourth-order valence-electron chi connectivity index (χ4n) is 4.57. The monoisotopic (exact) mass is 558 g/mol. The van der Waals surface area contributed by atoms with Gasteiger partial charge in [0.1, 0.15) is 0 Å². The second-order valence-corrected chi connectivity index (χ2v) is 10.9. The number of hydrogen-bond acceptors (Lipinski definition) is 5. The number of benzene rings is 2. The van der Waals surface area contributed by atoms with Crippen LogP contribution in [0.25, 0.3) is 0 Å². The Morgan fingerprint density at radius 1 is 0.974 bits per heavy atom. The molecule has 0 saturated carbocycles. The molecule has 0 fully saturated rings. The molecule has 1 aliphatic heterocycles. The van der Waals surface area contributed by atoms with Crippen molar-refractivity contribution in [3.63, 3.8) is 0 Å². The number of alkyl halides is 6. The average molecular weight is 559 g/mol. The number of nitrogen functional groups attached to an aromatic ring is 1. The molecule has 0 bridgehead atoms.